The number of anilines is 1. The Balaban J connectivity index is 2.19. The molecule has 1 saturated heterocycles. The van der Waals surface area contributed by atoms with Gasteiger partial charge in [0.15, 0.2) is 0 Å². The van der Waals surface area contributed by atoms with Gasteiger partial charge in [-0.2, -0.15) is 0 Å². The van der Waals surface area contributed by atoms with E-state index in [1.807, 2.05) is 13.0 Å². The lowest BCUT2D eigenvalue weighted by Gasteiger charge is -2.33. The standard InChI is InChI=1S/C12H18N4/c1-4-11-9-12(14-10(2)13-11)16-7-5-15(3)6-8-16/h4,9H,1,5-8H2,2-3H3. The second-order valence-electron chi connectivity index (χ2n) is 4.19. The Morgan fingerprint density at radius 1 is 1.25 bits per heavy atom. The van der Waals surface area contributed by atoms with Crippen LogP contribution in [0.15, 0.2) is 12.6 Å². The Labute approximate surface area is 96.6 Å². The van der Waals surface area contributed by atoms with Gasteiger partial charge in [0.1, 0.15) is 11.6 Å². The molecule has 0 aromatic carbocycles. The number of aryl methyl sites for hydroxylation is 1. The lowest BCUT2D eigenvalue weighted by atomic mass is 10.3. The monoisotopic (exact) mass is 218 g/mol. The number of hydrogen-bond donors (Lipinski definition) is 0. The summed E-state index contributed by atoms with van der Waals surface area (Å²) in [6.45, 7) is 9.92. The molecule has 0 bridgehead atoms. The maximum Gasteiger partial charge on any atom is 0.132 e. The van der Waals surface area contributed by atoms with Crippen molar-refractivity contribution in [1.82, 2.24) is 14.9 Å². The van der Waals surface area contributed by atoms with Gasteiger partial charge in [-0.3, -0.25) is 0 Å². The first-order chi connectivity index (χ1) is 7.69. The zero-order chi connectivity index (χ0) is 11.5. The molecule has 0 spiro atoms. The molecule has 16 heavy (non-hydrogen) atoms. The molecule has 0 N–H and O–H groups in total. The molecule has 2 heterocycles. The van der Waals surface area contributed by atoms with Crippen LogP contribution in [0.5, 0.6) is 0 Å². The summed E-state index contributed by atoms with van der Waals surface area (Å²) in [7, 11) is 2.15. The second kappa shape index (κ2) is 4.61. The van der Waals surface area contributed by atoms with E-state index in [0.29, 0.717) is 0 Å². The highest BCUT2D eigenvalue weighted by molar-refractivity contribution is 5.50. The van der Waals surface area contributed by atoms with Crippen LogP contribution in [0.25, 0.3) is 6.08 Å². The third-order valence-electron chi connectivity index (χ3n) is 2.88. The lowest BCUT2D eigenvalue weighted by Crippen LogP contribution is -2.44. The summed E-state index contributed by atoms with van der Waals surface area (Å²) in [5.41, 5.74) is 0.904. The summed E-state index contributed by atoms with van der Waals surface area (Å²) < 4.78 is 0. The molecule has 4 nitrogen and oxygen atoms in total. The molecule has 0 amide bonds. The molecule has 4 heteroatoms. The number of hydrogen-bond acceptors (Lipinski definition) is 4. The first-order valence-corrected chi connectivity index (χ1v) is 5.60. The average Bonchev–Trinajstić information content (AvgIpc) is 2.29. The van der Waals surface area contributed by atoms with Crippen LogP contribution in [0.3, 0.4) is 0 Å². The van der Waals surface area contributed by atoms with Gasteiger partial charge >= 0.3 is 0 Å². The molecule has 1 fully saturated rings. The SMILES string of the molecule is C=Cc1cc(N2CCN(C)CC2)nc(C)n1. The van der Waals surface area contributed by atoms with Crippen LogP contribution in [-0.2, 0) is 0 Å². The van der Waals surface area contributed by atoms with Crippen LogP contribution in [0, 0.1) is 6.92 Å². The van der Waals surface area contributed by atoms with Crippen LogP contribution in [-0.4, -0.2) is 48.1 Å². The Hall–Kier alpha value is -1.42. The first kappa shape index (κ1) is 11.1. The van der Waals surface area contributed by atoms with Gasteiger partial charge in [-0.15, -0.1) is 0 Å². The van der Waals surface area contributed by atoms with E-state index >= 15 is 0 Å². The van der Waals surface area contributed by atoms with Crippen molar-refractivity contribution in [1.29, 1.82) is 0 Å². The summed E-state index contributed by atoms with van der Waals surface area (Å²) in [5, 5.41) is 0. The molecule has 0 unspecified atom stereocenters. The van der Waals surface area contributed by atoms with Gasteiger partial charge < -0.3 is 9.80 Å². The predicted molar refractivity (Wildman–Crippen MR) is 66.6 cm³/mol. The number of aromatic nitrogens is 2. The Morgan fingerprint density at radius 2 is 1.94 bits per heavy atom. The van der Waals surface area contributed by atoms with Crippen LogP contribution in [0.4, 0.5) is 5.82 Å². The van der Waals surface area contributed by atoms with Gasteiger partial charge in [-0.05, 0) is 20.0 Å². The van der Waals surface area contributed by atoms with E-state index in [-0.39, 0.29) is 0 Å². The van der Waals surface area contributed by atoms with Crippen molar-refractivity contribution in [2.24, 2.45) is 0 Å². The molecule has 2 rings (SSSR count). The summed E-state index contributed by atoms with van der Waals surface area (Å²) in [6.07, 6.45) is 1.77. The van der Waals surface area contributed by atoms with Crippen molar-refractivity contribution in [3.8, 4) is 0 Å². The molecular weight excluding hydrogens is 200 g/mol. The lowest BCUT2D eigenvalue weighted by molar-refractivity contribution is 0.312. The number of nitrogens with zero attached hydrogens (tertiary/aromatic N) is 4. The molecular formula is C12H18N4. The van der Waals surface area contributed by atoms with Crippen molar-refractivity contribution < 1.29 is 0 Å². The van der Waals surface area contributed by atoms with Gasteiger partial charge in [-0.25, -0.2) is 9.97 Å². The summed E-state index contributed by atoms with van der Waals surface area (Å²) in [5.74, 6) is 1.84. The Morgan fingerprint density at radius 3 is 2.56 bits per heavy atom. The third-order valence-corrected chi connectivity index (χ3v) is 2.88. The zero-order valence-electron chi connectivity index (χ0n) is 9.98. The number of piperazine rings is 1. The highest BCUT2D eigenvalue weighted by Crippen LogP contribution is 2.15. The first-order valence-electron chi connectivity index (χ1n) is 5.60. The van der Waals surface area contributed by atoms with Gasteiger partial charge in [0.05, 0.1) is 5.69 Å². The largest absolute Gasteiger partial charge is 0.354 e. The zero-order valence-corrected chi connectivity index (χ0v) is 9.98. The fourth-order valence-corrected chi connectivity index (χ4v) is 1.88. The van der Waals surface area contributed by atoms with Gasteiger partial charge in [0.25, 0.3) is 0 Å². The van der Waals surface area contributed by atoms with Gasteiger partial charge in [-0.1, -0.05) is 6.58 Å². The fourth-order valence-electron chi connectivity index (χ4n) is 1.88. The highest BCUT2D eigenvalue weighted by Gasteiger charge is 2.15. The molecule has 0 atom stereocenters. The normalized spacial score (nSPS) is 17.5. The van der Waals surface area contributed by atoms with Crippen molar-refractivity contribution in [3.63, 3.8) is 0 Å². The van der Waals surface area contributed by atoms with Crippen molar-refractivity contribution in [3.05, 3.63) is 24.2 Å². The highest BCUT2D eigenvalue weighted by atomic mass is 15.3. The maximum atomic E-state index is 4.48. The van der Waals surface area contributed by atoms with Crippen LogP contribution in [0.1, 0.15) is 11.5 Å². The van der Waals surface area contributed by atoms with Gasteiger partial charge in [0, 0.05) is 32.2 Å². The Kier molecular flexibility index (Phi) is 3.19. The van der Waals surface area contributed by atoms with Crippen LogP contribution >= 0.6 is 0 Å². The minimum Gasteiger partial charge on any atom is -0.354 e. The average molecular weight is 218 g/mol. The number of likely N-dealkylation sites (N-methyl/N-ethyl adjacent to an activating group) is 1. The van der Waals surface area contributed by atoms with Gasteiger partial charge in [0.2, 0.25) is 0 Å². The summed E-state index contributed by atoms with van der Waals surface area (Å²) in [6, 6.07) is 2.01. The molecule has 1 aromatic heterocycles. The van der Waals surface area contributed by atoms with Crippen molar-refractivity contribution in [2.45, 2.75) is 6.92 Å². The minimum absolute atomic E-state index is 0.811. The smallest absolute Gasteiger partial charge is 0.132 e. The molecule has 86 valence electrons. The molecule has 1 aliphatic rings. The molecule has 0 aliphatic carbocycles. The molecule has 1 aliphatic heterocycles. The van der Waals surface area contributed by atoms with E-state index in [0.717, 1.165) is 43.5 Å². The van der Waals surface area contributed by atoms with Crippen molar-refractivity contribution >= 4 is 11.9 Å². The Bertz CT molecular complexity index is 381. The maximum absolute atomic E-state index is 4.48. The van der Waals surface area contributed by atoms with E-state index in [4.69, 9.17) is 0 Å². The topological polar surface area (TPSA) is 32.3 Å². The molecule has 0 radical (unpaired) electrons. The third kappa shape index (κ3) is 2.39. The number of rotatable bonds is 2. The van der Waals surface area contributed by atoms with Crippen molar-refractivity contribution in [2.75, 3.05) is 38.1 Å². The quantitative estimate of drug-likeness (QED) is 0.746. The molecule has 0 saturated carbocycles. The summed E-state index contributed by atoms with van der Waals surface area (Å²) in [4.78, 5) is 13.4. The molecule has 1 aromatic rings. The minimum atomic E-state index is 0.811. The van der Waals surface area contributed by atoms with E-state index < -0.39 is 0 Å². The van der Waals surface area contributed by atoms with Crippen LogP contribution in [0.2, 0.25) is 0 Å². The van der Waals surface area contributed by atoms with E-state index in [9.17, 15) is 0 Å². The second-order valence-corrected chi connectivity index (χ2v) is 4.19. The fraction of sp³-hybridized carbons (Fsp3) is 0.500. The van der Waals surface area contributed by atoms with E-state index in [1.165, 1.54) is 0 Å². The van der Waals surface area contributed by atoms with E-state index in [2.05, 4.69) is 33.4 Å². The van der Waals surface area contributed by atoms with Crippen LogP contribution < -0.4 is 4.90 Å². The predicted octanol–water partition coefficient (Wildman–Crippen LogP) is 1.18. The summed E-state index contributed by atoms with van der Waals surface area (Å²) >= 11 is 0. The van der Waals surface area contributed by atoms with E-state index in [1.54, 1.807) is 6.08 Å².